The van der Waals surface area contributed by atoms with E-state index in [2.05, 4.69) is 0 Å². The number of hydrogen-bond donors (Lipinski definition) is 2. The molecule has 0 bridgehead atoms. The predicted octanol–water partition coefficient (Wildman–Crippen LogP) is 3.25. The van der Waals surface area contributed by atoms with E-state index in [1.807, 2.05) is 11.8 Å². The molecule has 0 saturated carbocycles. The van der Waals surface area contributed by atoms with Crippen LogP contribution in [0.3, 0.4) is 0 Å². The molecule has 0 amide bonds. The van der Waals surface area contributed by atoms with Crippen molar-refractivity contribution in [1.29, 1.82) is 0 Å². The predicted molar refractivity (Wildman–Crippen MR) is 82.4 cm³/mol. The highest BCUT2D eigenvalue weighted by Gasteiger charge is 2.36. The highest BCUT2D eigenvalue weighted by Crippen LogP contribution is 2.35. The van der Waals surface area contributed by atoms with Gasteiger partial charge in [-0.2, -0.15) is 0 Å². The van der Waals surface area contributed by atoms with Crippen LogP contribution in [0.25, 0.3) is 0 Å². The quantitative estimate of drug-likeness (QED) is 0.485. The first-order valence-corrected chi connectivity index (χ1v) is 7.14. The number of benzene rings is 1. The number of carbonyl (C=O) groups is 2. The normalized spacial score (nSPS) is 15.2. The maximum atomic E-state index is 14.0. The van der Waals surface area contributed by atoms with Gasteiger partial charge < -0.3 is 15.1 Å². The van der Waals surface area contributed by atoms with Crippen LogP contribution in [0, 0.1) is 23.4 Å². The molecule has 25 heavy (non-hydrogen) atoms. The fraction of sp³-hybridized carbons (Fsp3) is 0.500. The van der Waals surface area contributed by atoms with Gasteiger partial charge in [0.15, 0.2) is 11.6 Å². The number of aliphatic carboxylic acids is 2. The molecule has 1 saturated heterocycles. The van der Waals surface area contributed by atoms with E-state index in [0.717, 1.165) is 19.0 Å². The van der Waals surface area contributed by atoms with Crippen LogP contribution in [0.15, 0.2) is 12.1 Å². The highest BCUT2D eigenvalue weighted by molar-refractivity contribution is 6.27. The summed E-state index contributed by atoms with van der Waals surface area (Å²) in [5.41, 5.74) is -0.506. The average Bonchev–Trinajstić information content (AvgIpc) is 2.46. The Kier molecular flexibility index (Phi) is 9.11. The Bertz CT molecular complexity index is 594. The number of likely N-dealkylation sites (tertiary alicyclic amines) is 1. The molecule has 9 heteroatoms. The second-order valence-electron chi connectivity index (χ2n) is 5.32. The van der Waals surface area contributed by atoms with Crippen LogP contribution in [0.5, 0.6) is 0 Å². The zero-order valence-electron chi connectivity index (χ0n) is 12.8. The van der Waals surface area contributed by atoms with Gasteiger partial charge in [-0.3, -0.25) is 0 Å². The summed E-state index contributed by atoms with van der Waals surface area (Å²) < 4.78 is 53.4. The van der Waals surface area contributed by atoms with Gasteiger partial charge in [0, 0.05) is 30.6 Å². The molecule has 1 aromatic rings. The maximum absolute atomic E-state index is 14.0. The number of alkyl halides is 1. The van der Waals surface area contributed by atoms with E-state index in [-0.39, 0.29) is 13.3 Å². The van der Waals surface area contributed by atoms with E-state index in [4.69, 9.17) is 19.8 Å². The van der Waals surface area contributed by atoms with Gasteiger partial charge in [0.1, 0.15) is 12.0 Å². The molecule has 0 aromatic heterocycles. The van der Waals surface area contributed by atoms with Crippen LogP contribution < -0.4 is 0 Å². The van der Waals surface area contributed by atoms with E-state index in [0.29, 0.717) is 19.2 Å². The summed E-state index contributed by atoms with van der Waals surface area (Å²) in [6.07, 6.45) is -0.685. The Balaban J connectivity index is 0.000000715. The first-order valence-electron chi connectivity index (χ1n) is 7.14. The van der Waals surface area contributed by atoms with Crippen LogP contribution in [-0.4, -0.2) is 46.7 Å². The van der Waals surface area contributed by atoms with Gasteiger partial charge in [-0.1, -0.05) is 14.4 Å². The SMILES string of the molecule is C.CCCN1CC(C(F)c2cc(F)cc(F)c2F)C1.O=C(O)C(=O)O. The Morgan fingerprint density at radius 1 is 1.20 bits per heavy atom. The van der Waals surface area contributed by atoms with Crippen molar-refractivity contribution in [3.05, 3.63) is 35.1 Å². The third-order valence-electron chi connectivity index (χ3n) is 3.44. The fourth-order valence-electron chi connectivity index (χ4n) is 2.32. The molecule has 1 fully saturated rings. The Hall–Kier alpha value is -2.16. The molecule has 2 rings (SSSR count). The van der Waals surface area contributed by atoms with Crippen molar-refractivity contribution in [3.8, 4) is 0 Å². The number of halogens is 4. The molecule has 5 nitrogen and oxygen atoms in total. The summed E-state index contributed by atoms with van der Waals surface area (Å²) >= 11 is 0. The standard InChI is InChI=1S/C13H15F4N.C2H2O4.CH4/c1-2-3-18-6-8(7-18)12(16)10-4-9(14)5-11(15)13(10)17;3-1(4)2(5)6;/h4-5,8,12H,2-3,6-7H2,1H3;(H,3,4)(H,5,6);1H4. The van der Waals surface area contributed by atoms with E-state index in [9.17, 15) is 17.6 Å². The highest BCUT2D eigenvalue weighted by atomic mass is 19.2. The van der Waals surface area contributed by atoms with Crippen LogP contribution in [0.4, 0.5) is 17.6 Å². The van der Waals surface area contributed by atoms with Gasteiger partial charge in [-0.05, 0) is 19.0 Å². The zero-order valence-corrected chi connectivity index (χ0v) is 12.8. The summed E-state index contributed by atoms with van der Waals surface area (Å²) in [5.74, 6) is -7.59. The molecule has 1 aliphatic rings. The summed E-state index contributed by atoms with van der Waals surface area (Å²) in [6.45, 7) is 3.89. The topological polar surface area (TPSA) is 77.8 Å². The second-order valence-corrected chi connectivity index (χ2v) is 5.32. The summed E-state index contributed by atoms with van der Waals surface area (Å²) in [6, 6.07) is 1.17. The lowest BCUT2D eigenvalue weighted by atomic mass is 9.89. The number of hydrogen-bond acceptors (Lipinski definition) is 3. The van der Waals surface area contributed by atoms with Crippen LogP contribution in [0.1, 0.15) is 32.5 Å². The molecule has 1 aliphatic heterocycles. The van der Waals surface area contributed by atoms with Crippen LogP contribution in [-0.2, 0) is 9.59 Å². The van der Waals surface area contributed by atoms with Gasteiger partial charge >= 0.3 is 11.9 Å². The largest absolute Gasteiger partial charge is 0.473 e. The average molecular weight is 367 g/mol. The summed E-state index contributed by atoms with van der Waals surface area (Å²) in [5, 5.41) is 14.8. The molecule has 0 spiro atoms. The Morgan fingerprint density at radius 3 is 2.16 bits per heavy atom. The van der Waals surface area contributed by atoms with Crippen molar-refractivity contribution in [1.82, 2.24) is 4.90 Å². The monoisotopic (exact) mass is 367 g/mol. The Morgan fingerprint density at radius 2 is 1.72 bits per heavy atom. The fourth-order valence-corrected chi connectivity index (χ4v) is 2.32. The number of carboxylic acids is 2. The maximum Gasteiger partial charge on any atom is 0.414 e. The third kappa shape index (κ3) is 6.33. The molecule has 2 N–H and O–H groups in total. The lowest BCUT2D eigenvalue weighted by molar-refractivity contribution is -0.159. The van der Waals surface area contributed by atoms with Crippen molar-refractivity contribution in [3.63, 3.8) is 0 Å². The molecule has 1 atom stereocenters. The van der Waals surface area contributed by atoms with Gasteiger partial charge in [0.05, 0.1) is 0 Å². The first-order chi connectivity index (χ1) is 11.2. The van der Waals surface area contributed by atoms with Crippen LogP contribution in [0.2, 0.25) is 0 Å². The first kappa shape index (κ1) is 22.8. The van der Waals surface area contributed by atoms with Gasteiger partial charge in [0.25, 0.3) is 0 Å². The molecule has 1 unspecified atom stereocenters. The Labute approximate surface area is 142 Å². The van der Waals surface area contributed by atoms with E-state index < -0.39 is 41.1 Å². The van der Waals surface area contributed by atoms with Gasteiger partial charge in [-0.25, -0.2) is 27.2 Å². The van der Waals surface area contributed by atoms with Crippen molar-refractivity contribution >= 4 is 11.9 Å². The van der Waals surface area contributed by atoms with Crippen LogP contribution >= 0.6 is 0 Å². The summed E-state index contributed by atoms with van der Waals surface area (Å²) in [4.78, 5) is 20.2. The van der Waals surface area contributed by atoms with Crippen molar-refractivity contribution < 1.29 is 37.4 Å². The van der Waals surface area contributed by atoms with Gasteiger partial charge in [0.2, 0.25) is 0 Å². The van der Waals surface area contributed by atoms with Crippen molar-refractivity contribution in [2.75, 3.05) is 19.6 Å². The molecule has 0 radical (unpaired) electrons. The molecule has 0 aliphatic carbocycles. The molecule has 142 valence electrons. The second kappa shape index (κ2) is 9.97. The molecule has 1 aromatic carbocycles. The number of rotatable bonds is 4. The van der Waals surface area contributed by atoms with E-state index in [1.165, 1.54) is 0 Å². The third-order valence-corrected chi connectivity index (χ3v) is 3.44. The smallest absolute Gasteiger partial charge is 0.414 e. The van der Waals surface area contributed by atoms with E-state index in [1.54, 1.807) is 0 Å². The lowest BCUT2D eigenvalue weighted by Gasteiger charge is -2.40. The zero-order chi connectivity index (χ0) is 18.4. The minimum absolute atomic E-state index is 0. The molecular weight excluding hydrogens is 346 g/mol. The van der Waals surface area contributed by atoms with E-state index >= 15 is 0 Å². The molecular formula is C16H21F4NO4. The minimum atomic E-state index is -1.82. The van der Waals surface area contributed by atoms with Crippen molar-refractivity contribution in [2.45, 2.75) is 26.9 Å². The number of carboxylic acid groups (broad SMARTS) is 2. The molecule has 1 heterocycles. The van der Waals surface area contributed by atoms with Gasteiger partial charge in [-0.15, -0.1) is 0 Å². The number of nitrogens with zero attached hydrogens (tertiary/aromatic N) is 1. The minimum Gasteiger partial charge on any atom is -0.473 e. The van der Waals surface area contributed by atoms with Crippen molar-refractivity contribution in [2.24, 2.45) is 5.92 Å². The lowest BCUT2D eigenvalue weighted by Crippen LogP contribution is -2.48. The summed E-state index contributed by atoms with van der Waals surface area (Å²) in [7, 11) is 0.